The number of rotatable bonds is 6. The molecule has 1 unspecified atom stereocenters. The summed E-state index contributed by atoms with van der Waals surface area (Å²) in [5.41, 5.74) is 6.42. The molecular weight excluding hydrogens is 305 g/mol. The second kappa shape index (κ2) is 7.37. The number of ether oxygens (including phenoxy) is 1. The maximum Gasteiger partial charge on any atom is 0.414 e. The average molecular weight is 320 g/mol. The van der Waals surface area contributed by atoms with Crippen LogP contribution in [0.2, 0.25) is 0 Å². The summed E-state index contributed by atoms with van der Waals surface area (Å²) >= 11 is 4.84. The van der Waals surface area contributed by atoms with Crippen LogP contribution in [-0.2, 0) is 9.53 Å². The molecule has 116 valence electrons. The van der Waals surface area contributed by atoms with E-state index in [2.05, 4.69) is 10.1 Å². The molecule has 0 heterocycles. The van der Waals surface area contributed by atoms with Gasteiger partial charge in [0.05, 0.1) is 18.7 Å². The Kier molecular flexibility index (Phi) is 6.10. The Morgan fingerprint density at radius 3 is 2.62 bits per heavy atom. The van der Waals surface area contributed by atoms with Gasteiger partial charge in [-0.3, -0.25) is 4.79 Å². The molecule has 0 saturated heterocycles. The van der Waals surface area contributed by atoms with Crippen molar-refractivity contribution in [1.82, 2.24) is 0 Å². The number of nitrogens with two attached hydrogens (primary N) is 1. The molecule has 0 aliphatic rings. The van der Waals surface area contributed by atoms with Crippen molar-refractivity contribution in [2.75, 3.05) is 11.9 Å². The second-order valence-corrected chi connectivity index (χ2v) is 4.70. The standard InChI is InChI=1S/C13H15F3N2O2S/c1-8(13(14,15)16)20-7-6-11(19)18-10-5-3-2-4-9(10)12(17)21/h2-5,8H,6-7H2,1H3,(H2,17,21)(H,18,19). The molecule has 3 N–H and O–H groups in total. The highest BCUT2D eigenvalue weighted by molar-refractivity contribution is 7.80. The molecule has 1 rings (SSSR count). The van der Waals surface area contributed by atoms with Crippen LogP contribution in [0, 0.1) is 0 Å². The van der Waals surface area contributed by atoms with Crippen LogP contribution >= 0.6 is 12.2 Å². The lowest BCUT2D eigenvalue weighted by Crippen LogP contribution is -2.29. The molecule has 1 atom stereocenters. The van der Waals surface area contributed by atoms with Crippen LogP contribution in [0.15, 0.2) is 24.3 Å². The normalized spacial score (nSPS) is 12.8. The summed E-state index contributed by atoms with van der Waals surface area (Å²) in [6.07, 6.45) is -6.55. The Bertz CT molecular complexity index is 520. The SMILES string of the molecule is CC(OCCC(=O)Nc1ccccc1C(N)=S)C(F)(F)F. The zero-order valence-corrected chi connectivity index (χ0v) is 12.1. The lowest BCUT2D eigenvalue weighted by atomic mass is 10.1. The number of amides is 1. The average Bonchev–Trinajstić information content (AvgIpc) is 2.37. The topological polar surface area (TPSA) is 64.3 Å². The van der Waals surface area contributed by atoms with Crippen LogP contribution < -0.4 is 11.1 Å². The predicted molar refractivity (Wildman–Crippen MR) is 77.0 cm³/mol. The van der Waals surface area contributed by atoms with E-state index in [1.807, 2.05) is 0 Å². The highest BCUT2D eigenvalue weighted by Crippen LogP contribution is 2.22. The molecule has 0 aliphatic carbocycles. The van der Waals surface area contributed by atoms with Crippen molar-refractivity contribution in [1.29, 1.82) is 0 Å². The Labute approximate surface area is 125 Å². The Morgan fingerprint density at radius 2 is 2.05 bits per heavy atom. The van der Waals surface area contributed by atoms with E-state index in [9.17, 15) is 18.0 Å². The molecule has 4 nitrogen and oxygen atoms in total. The Morgan fingerprint density at radius 1 is 1.43 bits per heavy atom. The smallest absolute Gasteiger partial charge is 0.389 e. The van der Waals surface area contributed by atoms with Gasteiger partial charge in [-0.15, -0.1) is 0 Å². The number of hydrogen-bond acceptors (Lipinski definition) is 3. The first kappa shape index (κ1) is 17.4. The van der Waals surface area contributed by atoms with E-state index < -0.39 is 18.2 Å². The van der Waals surface area contributed by atoms with Crippen molar-refractivity contribution in [3.05, 3.63) is 29.8 Å². The number of halogens is 3. The molecule has 0 aromatic heterocycles. The fourth-order valence-electron chi connectivity index (χ4n) is 1.44. The van der Waals surface area contributed by atoms with Gasteiger partial charge in [-0.25, -0.2) is 0 Å². The summed E-state index contributed by atoms with van der Waals surface area (Å²) in [6.45, 7) is 0.557. The highest BCUT2D eigenvalue weighted by atomic mass is 32.1. The van der Waals surface area contributed by atoms with Crippen LogP contribution in [0.1, 0.15) is 18.9 Å². The first-order chi connectivity index (χ1) is 9.71. The molecule has 0 bridgehead atoms. The van der Waals surface area contributed by atoms with E-state index in [1.165, 1.54) is 0 Å². The number of anilines is 1. The molecular formula is C13H15F3N2O2S. The van der Waals surface area contributed by atoms with Crippen molar-refractivity contribution in [3.8, 4) is 0 Å². The van der Waals surface area contributed by atoms with Crippen LogP contribution in [-0.4, -0.2) is 29.8 Å². The largest absolute Gasteiger partial charge is 0.414 e. The van der Waals surface area contributed by atoms with Crippen LogP contribution in [0.4, 0.5) is 18.9 Å². The predicted octanol–water partition coefficient (Wildman–Crippen LogP) is 2.62. The van der Waals surface area contributed by atoms with Crippen molar-refractivity contribution in [3.63, 3.8) is 0 Å². The lowest BCUT2D eigenvalue weighted by molar-refractivity contribution is -0.214. The molecule has 1 amide bonds. The zero-order chi connectivity index (χ0) is 16.0. The van der Waals surface area contributed by atoms with Crippen molar-refractivity contribution >= 4 is 28.8 Å². The van der Waals surface area contributed by atoms with E-state index >= 15 is 0 Å². The van der Waals surface area contributed by atoms with Crippen molar-refractivity contribution in [2.24, 2.45) is 5.73 Å². The summed E-state index contributed by atoms with van der Waals surface area (Å²) < 4.78 is 41.2. The summed E-state index contributed by atoms with van der Waals surface area (Å²) in [7, 11) is 0. The van der Waals surface area contributed by atoms with Crippen molar-refractivity contribution in [2.45, 2.75) is 25.6 Å². The summed E-state index contributed by atoms with van der Waals surface area (Å²) in [6, 6.07) is 6.63. The minimum Gasteiger partial charge on any atom is -0.389 e. The highest BCUT2D eigenvalue weighted by Gasteiger charge is 2.36. The first-order valence-electron chi connectivity index (χ1n) is 6.09. The number of nitrogens with one attached hydrogen (secondary N) is 1. The number of carbonyl (C=O) groups excluding carboxylic acids is 1. The number of hydrogen-bond donors (Lipinski definition) is 2. The molecule has 0 spiro atoms. The van der Waals surface area contributed by atoms with Crippen LogP contribution in [0.5, 0.6) is 0 Å². The van der Waals surface area contributed by atoms with Gasteiger partial charge in [0, 0.05) is 5.56 Å². The van der Waals surface area contributed by atoms with E-state index in [-0.39, 0.29) is 18.0 Å². The number of thiocarbonyl (C=S) groups is 1. The van der Waals surface area contributed by atoms with E-state index in [4.69, 9.17) is 18.0 Å². The monoisotopic (exact) mass is 320 g/mol. The molecule has 1 aromatic carbocycles. The van der Waals surface area contributed by atoms with Crippen LogP contribution in [0.25, 0.3) is 0 Å². The molecule has 0 aliphatic heterocycles. The molecule has 8 heteroatoms. The number of alkyl halides is 3. The van der Waals surface area contributed by atoms with Gasteiger partial charge >= 0.3 is 6.18 Å². The quantitative estimate of drug-likeness (QED) is 0.791. The molecule has 0 radical (unpaired) electrons. The van der Waals surface area contributed by atoms with Crippen molar-refractivity contribution < 1.29 is 22.7 Å². The van der Waals surface area contributed by atoms with E-state index in [0.717, 1.165) is 6.92 Å². The fraction of sp³-hybridized carbons (Fsp3) is 0.385. The Balaban J connectivity index is 2.50. The summed E-state index contributed by atoms with van der Waals surface area (Å²) in [5, 5.41) is 2.54. The summed E-state index contributed by atoms with van der Waals surface area (Å²) in [4.78, 5) is 11.8. The minimum absolute atomic E-state index is 0.118. The van der Waals surface area contributed by atoms with Gasteiger partial charge in [-0.05, 0) is 19.1 Å². The maximum absolute atomic E-state index is 12.2. The number of carbonyl (C=O) groups is 1. The van der Waals surface area contributed by atoms with Gasteiger partial charge in [0.15, 0.2) is 6.10 Å². The molecule has 0 fully saturated rings. The fourth-order valence-corrected chi connectivity index (χ4v) is 1.62. The van der Waals surface area contributed by atoms with Gasteiger partial charge in [-0.2, -0.15) is 13.2 Å². The minimum atomic E-state index is -4.44. The van der Waals surface area contributed by atoms with Gasteiger partial charge in [0.2, 0.25) is 5.91 Å². The zero-order valence-electron chi connectivity index (χ0n) is 11.2. The maximum atomic E-state index is 12.2. The van der Waals surface area contributed by atoms with Gasteiger partial charge in [0.1, 0.15) is 4.99 Å². The number of para-hydroxylation sites is 1. The van der Waals surface area contributed by atoms with Gasteiger partial charge < -0.3 is 15.8 Å². The van der Waals surface area contributed by atoms with Crippen LogP contribution in [0.3, 0.4) is 0 Å². The molecule has 1 aromatic rings. The van der Waals surface area contributed by atoms with E-state index in [0.29, 0.717) is 11.3 Å². The van der Waals surface area contributed by atoms with Gasteiger partial charge in [0.25, 0.3) is 0 Å². The Hall–Kier alpha value is -1.67. The second-order valence-electron chi connectivity index (χ2n) is 4.26. The lowest BCUT2D eigenvalue weighted by Gasteiger charge is -2.16. The first-order valence-corrected chi connectivity index (χ1v) is 6.49. The third-order valence-corrected chi connectivity index (χ3v) is 2.84. The van der Waals surface area contributed by atoms with E-state index in [1.54, 1.807) is 24.3 Å². The number of benzene rings is 1. The third kappa shape index (κ3) is 5.68. The molecule has 0 saturated carbocycles. The van der Waals surface area contributed by atoms with Gasteiger partial charge in [-0.1, -0.05) is 24.4 Å². The molecule has 21 heavy (non-hydrogen) atoms. The third-order valence-electron chi connectivity index (χ3n) is 2.62. The summed E-state index contributed by atoms with van der Waals surface area (Å²) in [5.74, 6) is -0.479.